The Bertz CT molecular complexity index is 732. The Morgan fingerprint density at radius 3 is 2.58 bits per heavy atom. The number of anilines is 2. The quantitative estimate of drug-likeness (QED) is 0.781. The van der Waals surface area contributed by atoms with E-state index in [1.54, 1.807) is 25.1 Å². The zero-order valence-corrected chi connectivity index (χ0v) is 13.6. The minimum atomic E-state index is -4.39. The normalized spacial score (nSPS) is 11.2. The summed E-state index contributed by atoms with van der Waals surface area (Å²) in [4.78, 5) is 11.9. The third-order valence-electron chi connectivity index (χ3n) is 3.41. The van der Waals surface area contributed by atoms with Crippen LogP contribution < -0.4 is 10.6 Å². The maximum absolute atomic E-state index is 12.6. The molecule has 0 unspecified atom stereocenters. The van der Waals surface area contributed by atoms with Gasteiger partial charge >= 0.3 is 6.18 Å². The lowest BCUT2D eigenvalue weighted by Gasteiger charge is -2.12. The van der Waals surface area contributed by atoms with Crippen LogP contribution in [0.4, 0.5) is 24.5 Å². The van der Waals surface area contributed by atoms with Gasteiger partial charge in [0, 0.05) is 29.4 Å². The molecule has 2 aromatic carbocycles. The molecule has 0 fully saturated rings. The van der Waals surface area contributed by atoms with Crippen LogP contribution in [0, 0.1) is 6.92 Å². The molecule has 2 aromatic rings. The van der Waals surface area contributed by atoms with Crippen LogP contribution in [0.15, 0.2) is 42.5 Å². The van der Waals surface area contributed by atoms with Gasteiger partial charge in [0.25, 0.3) is 0 Å². The molecule has 2 N–H and O–H groups in total. The summed E-state index contributed by atoms with van der Waals surface area (Å²) in [6, 6.07) is 10.0. The lowest BCUT2D eigenvalue weighted by molar-refractivity contribution is -0.137. The molecule has 0 saturated carbocycles. The first-order valence-electron chi connectivity index (χ1n) is 7.23. The molecular formula is C17H16ClF3N2O. The number of alkyl halides is 3. The van der Waals surface area contributed by atoms with Crippen molar-refractivity contribution < 1.29 is 18.0 Å². The molecule has 0 spiro atoms. The predicted octanol–water partition coefficient (Wildman–Crippen LogP) is 5.11. The number of carbonyl (C=O) groups is 1. The molecule has 3 nitrogen and oxygen atoms in total. The first-order chi connectivity index (χ1) is 11.3. The zero-order chi connectivity index (χ0) is 17.7. The summed E-state index contributed by atoms with van der Waals surface area (Å²) >= 11 is 5.98. The van der Waals surface area contributed by atoms with Crippen LogP contribution in [-0.4, -0.2) is 12.5 Å². The maximum atomic E-state index is 12.6. The fourth-order valence-electron chi connectivity index (χ4n) is 2.08. The zero-order valence-electron chi connectivity index (χ0n) is 12.9. The molecule has 24 heavy (non-hydrogen) atoms. The number of benzene rings is 2. The second kappa shape index (κ2) is 7.57. The molecule has 0 aliphatic heterocycles. The smallest absolute Gasteiger partial charge is 0.385 e. The molecule has 0 atom stereocenters. The van der Waals surface area contributed by atoms with Gasteiger partial charge in [0.2, 0.25) is 5.91 Å². The van der Waals surface area contributed by atoms with E-state index in [9.17, 15) is 18.0 Å². The monoisotopic (exact) mass is 356 g/mol. The molecular weight excluding hydrogens is 341 g/mol. The van der Waals surface area contributed by atoms with Gasteiger partial charge < -0.3 is 10.6 Å². The molecule has 0 radical (unpaired) electrons. The Labute approximate surface area is 142 Å². The van der Waals surface area contributed by atoms with Gasteiger partial charge in [-0.2, -0.15) is 13.2 Å². The van der Waals surface area contributed by atoms with Gasteiger partial charge in [0.15, 0.2) is 0 Å². The summed E-state index contributed by atoms with van der Waals surface area (Å²) in [6.07, 6.45) is -4.28. The number of halogens is 4. The van der Waals surface area contributed by atoms with Crippen LogP contribution >= 0.6 is 11.6 Å². The van der Waals surface area contributed by atoms with E-state index in [0.29, 0.717) is 16.4 Å². The van der Waals surface area contributed by atoms with Crippen LogP contribution in [-0.2, 0) is 11.0 Å². The molecule has 0 aliphatic carbocycles. The molecule has 0 heterocycles. The lowest BCUT2D eigenvalue weighted by Crippen LogP contribution is -2.17. The predicted molar refractivity (Wildman–Crippen MR) is 89.4 cm³/mol. The lowest BCUT2D eigenvalue weighted by atomic mass is 10.2. The molecule has 0 aromatic heterocycles. The highest BCUT2D eigenvalue weighted by atomic mass is 35.5. The van der Waals surface area contributed by atoms with Crippen LogP contribution in [0.2, 0.25) is 5.02 Å². The summed E-state index contributed by atoms with van der Waals surface area (Å²) < 4.78 is 37.9. The standard InChI is InChI=1S/C17H16ClF3N2O/c1-11-14(18)6-3-7-15(11)23-16(24)8-9-22-13-5-2-4-12(10-13)17(19,20)21/h2-7,10,22H,8-9H2,1H3,(H,23,24). The van der Waals surface area contributed by atoms with E-state index in [1.165, 1.54) is 12.1 Å². The molecule has 0 saturated heterocycles. The van der Waals surface area contributed by atoms with Gasteiger partial charge in [-0.05, 0) is 42.8 Å². The summed E-state index contributed by atoms with van der Waals surface area (Å²) in [5.41, 5.74) is 0.966. The number of carbonyl (C=O) groups excluding carboxylic acids is 1. The second-order valence-corrected chi connectivity index (χ2v) is 5.62. The van der Waals surface area contributed by atoms with E-state index in [2.05, 4.69) is 10.6 Å². The average Bonchev–Trinajstić information content (AvgIpc) is 2.51. The minimum absolute atomic E-state index is 0.113. The molecule has 0 bridgehead atoms. The van der Waals surface area contributed by atoms with Crippen molar-refractivity contribution in [1.82, 2.24) is 0 Å². The summed E-state index contributed by atoms with van der Waals surface area (Å²) in [5, 5.41) is 6.09. The van der Waals surface area contributed by atoms with Gasteiger partial charge in [0.1, 0.15) is 0 Å². The largest absolute Gasteiger partial charge is 0.416 e. The van der Waals surface area contributed by atoms with Crippen molar-refractivity contribution >= 4 is 28.9 Å². The van der Waals surface area contributed by atoms with E-state index in [4.69, 9.17) is 11.6 Å². The van der Waals surface area contributed by atoms with E-state index >= 15 is 0 Å². The first-order valence-corrected chi connectivity index (χ1v) is 7.61. The van der Waals surface area contributed by atoms with Crippen molar-refractivity contribution in [3.05, 3.63) is 58.6 Å². The first kappa shape index (κ1) is 18.1. The van der Waals surface area contributed by atoms with Gasteiger partial charge in [-0.3, -0.25) is 4.79 Å². The SMILES string of the molecule is Cc1c(Cl)cccc1NC(=O)CCNc1cccc(C(F)(F)F)c1. The highest BCUT2D eigenvalue weighted by molar-refractivity contribution is 6.31. The Kier molecular flexibility index (Phi) is 5.72. The summed E-state index contributed by atoms with van der Waals surface area (Å²) in [5.74, 6) is -0.250. The third kappa shape index (κ3) is 4.89. The molecule has 0 aliphatic rings. The highest BCUT2D eigenvalue weighted by Gasteiger charge is 2.30. The maximum Gasteiger partial charge on any atom is 0.416 e. The Morgan fingerprint density at radius 1 is 1.17 bits per heavy atom. The number of hydrogen-bond acceptors (Lipinski definition) is 2. The van der Waals surface area contributed by atoms with Crippen molar-refractivity contribution in [1.29, 1.82) is 0 Å². The summed E-state index contributed by atoms with van der Waals surface area (Å²) in [7, 11) is 0. The Balaban J connectivity index is 1.88. The number of hydrogen-bond donors (Lipinski definition) is 2. The average molecular weight is 357 g/mol. The van der Waals surface area contributed by atoms with E-state index in [1.807, 2.05) is 0 Å². The van der Waals surface area contributed by atoms with Gasteiger partial charge in [-0.25, -0.2) is 0 Å². The van der Waals surface area contributed by atoms with E-state index in [-0.39, 0.29) is 18.9 Å². The van der Waals surface area contributed by atoms with Crippen molar-refractivity contribution in [2.75, 3.05) is 17.2 Å². The Morgan fingerprint density at radius 2 is 1.88 bits per heavy atom. The van der Waals surface area contributed by atoms with Gasteiger partial charge in [0.05, 0.1) is 5.56 Å². The summed E-state index contributed by atoms with van der Waals surface area (Å²) in [6.45, 7) is 2.01. The van der Waals surface area contributed by atoms with Crippen molar-refractivity contribution in [3.63, 3.8) is 0 Å². The molecule has 7 heteroatoms. The van der Waals surface area contributed by atoms with Crippen LogP contribution in [0.3, 0.4) is 0 Å². The van der Waals surface area contributed by atoms with Gasteiger partial charge in [-0.1, -0.05) is 23.7 Å². The topological polar surface area (TPSA) is 41.1 Å². The highest BCUT2D eigenvalue weighted by Crippen LogP contribution is 2.30. The van der Waals surface area contributed by atoms with Crippen molar-refractivity contribution in [2.45, 2.75) is 19.5 Å². The van der Waals surface area contributed by atoms with Gasteiger partial charge in [-0.15, -0.1) is 0 Å². The molecule has 2 rings (SSSR count). The number of rotatable bonds is 5. The fourth-order valence-corrected chi connectivity index (χ4v) is 2.26. The Hall–Kier alpha value is -2.21. The van der Waals surface area contributed by atoms with Crippen LogP contribution in [0.1, 0.15) is 17.5 Å². The molecule has 1 amide bonds. The van der Waals surface area contributed by atoms with E-state index in [0.717, 1.165) is 17.7 Å². The number of nitrogens with one attached hydrogen (secondary N) is 2. The van der Waals surface area contributed by atoms with Crippen molar-refractivity contribution in [3.8, 4) is 0 Å². The molecule has 128 valence electrons. The fraction of sp³-hybridized carbons (Fsp3) is 0.235. The van der Waals surface area contributed by atoms with E-state index < -0.39 is 11.7 Å². The third-order valence-corrected chi connectivity index (χ3v) is 3.82. The number of amides is 1. The van der Waals surface area contributed by atoms with Crippen LogP contribution in [0.25, 0.3) is 0 Å². The van der Waals surface area contributed by atoms with Crippen molar-refractivity contribution in [2.24, 2.45) is 0 Å². The second-order valence-electron chi connectivity index (χ2n) is 5.22. The minimum Gasteiger partial charge on any atom is -0.385 e. The van der Waals surface area contributed by atoms with Crippen LogP contribution in [0.5, 0.6) is 0 Å².